The monoisotopic (exact) mass is 238 g/mol. The van der Waals surface area contributed by atoms with Gasteiger partial charge in [0, 0.05) is 18.7 Å². The summed E-state index contributed by atoms with van der Waals surface area (Å²) in [5, 5.41) is 0. The number of nitrogens with zero attached hydrogens (tertiary/aromatic N) is 1. The van der Waals surface area contributed by atoms with Gasteiger partial charge >= 0.3 is 0 Å². The predicted molar refractivity (Wildman–Crippen MR) is 69.9 cm³/mol. The van der Waals surface area contributed by atoms with Crippen molar-refractivity contribution in [3.05, 3.63) is 35.9 Å². The lowest BCUT2D eigenvalue weighted by molar-refractivity contribution is 0.348. The Morgan fingerprint density at radius 3 is 2.73 bits per heavy atom. The first-order valence-electron chi connectivity index (χ1n) is 5.00. The molecule has 4 heteroatoms. The minimum Gasteiger partial charge on any atom is -0.341 e. The number of nitrogens with two attached hydrogens (primary N) is 1. The van der Waals surface area contributed by atoms with Gasteiger partial charge in [0.15, 0.2) is 0 Å². The third-order valence-corrected chi connectivity index (χ3v) is 3.94. The highest BCUT2D eigenvalue weighted by Gasteiger charge is 2.22. The molecule has 80 valence electrons. The lowest BCUT2D eigenvalue weighted by atomic mass is 10.1. The maximum atomic E-state index is 6.13. The Labute approximate surface area is 99.8 Å². The highest BCUT2D eigenvalue weighted by Crippen LogP contribution is 2.20. The summed E-state index contributed by atoms with van der Waals surface area (Å²) in [5.41, 5.74) is 7.39. The largest absolute Gasteiger partial charge is 0.341 e. The van der Waals surface area contributed by atoms with E-state index in [1.807, 2.05) is 18.2 Å². The van der Waals surface area contributed by atoms with E-state index in [0.29, 0.717) is 0 Å². The van der Waals surface area contributed by atoms with Gasteiger partial charge < -0.3 is 10.6 Å². The summed E-state index contributed by atoms with van der Waals surface area (Å²) in [5.74, 6) is 1.07. The number of thiocarbonyl (C=S) groups is 1. The Morgan fingerprint density at radius 1 is 1.40 bits per heavy atom. The van der Waals surface area contributed by atoms with Crippen LogP contribution in [-0.2, 0) is 6.42 Å². The molecule has 0 radical (unpaired) electrons. The molecule has 2 N–H and O–H groups in total. The van der Waals surface area contributed by atoms with E-state index in [2.05, 4.69) is 17.0 Å². The van der Waals surface area contributed by atoms with Crippen molar-refractivity contribution in [2.45, 2.75) is 12.6 Å². The first-order valence-corrected chi connectivity index (χ1v) is 6.39. The summed E-state index contributed by atoms with van der Waals surface area (Å²) in [4.78, 5) is 2.12. The molecule has 1 aliphatic rings. The molecule has 15 heavy (non-hydrogen) atoms. The van der Waals surface area contributed by atoms with Crippen molar-refractivity contribution in [1.29, 1.82) is 0 Å². The first-order chi connectivity index (χ1) is 7.27. The zero-order valence-corrected chi connectivity index (χ0v) is 10.1. The Hall–Kier alpha value is -0.580. The second-order valence-electron chi connectivity index (χ2n) is 3.56. The van der Waals surface area contributed by atoms with Crippen LogP contribution in [0.1, 0.15) is 5.56 Å². The molecule has 1 unspecified atom stereocenters. The van der Waals surface area contributed by atoms with Crippen LogP contribution in [0.5, 0.6) is 0 Å². The summed E-state index contributed by atoms with van der Waals surface area (Å²) < 4.78 is 0.943. The molecule has 1 aliphatic heterocycles. The maximum Gasteiger partial charge on any atom is 0.137 e. The minimum absolute atomic E-state index is 0.0231. The number of thioether (sulfide) groups is 1. The lowest BCUT2D eigenvalue weighted by Crippen LogP contribution is -2.43. The molecule has 1 fully saturated rings. The van der Waals surface area contributed by atoms with Crippen molar-refractivity contribution in [3.63, 3.8) is 0 Å². The molecule has 0 amide bonds. The fourth-order valence-electron chi connectivity index (χ4n) is 1.67. The van der Waals surface area contributed by atoms with Crippen LogP contribution in [-0.4, -0.2) is 27.7 Å². The molecule has 1 aromatic rings. The summed E-state index contributed by atoms with van der Waals surface area (Å²) in [6, 6.07) is 10.3. The standard InChI is InChI=1S/C11H14N2S2/c12-10(13-6-7-15-11(13)14)8-9-4-2-1-3-5-9/h1-5,10H,6-8,12H2. The van der Waals surface area contributed by atoms with Gasteiger partial charge in [-0.05, 0) is 5.56 Å². The van der Waals surface area contributed by atoms with Crippen molar-refractivity contribution in [1.82, 2.24) is 4.90 Å². The van der Waals surface area contributed by atoms with Gasteiger partial charge in [0.1, 0.15) is 4.32 Å². The van der Waals surface area contributed by atoms with Crippen LogP contribution in [0.15, 0.2) is 30.3 Å². The fraction of sp³-hybridized carbons (Fsp3) is 0.364. The molecular formula is C11H14N2S2. The molecular weight excluding hydrogens is 224 g/mol. The van der Waals surface area contributed by atoms with Crippen molar-refractivity contribution >= 4 is 28.3 Å². The van der Waals surface area contributed by atoms with Crippen molar-refractivity contribution in [2.75, 3.05) is 12.3 Å². The van der Waals surface area contributed by atoms with E-state index in [1.165, 1.54) is 5.56 Å². The summed E-state index contributed by atoms with van der Waals surface area (Å²) in [6.45, 7) is 0.984. The summed E-state index contributed by atoms with van der Waals surface area (Å²) in [6.07, 6.45) is 0.886. The van der Waals surface area contributed by atoms with Crippen molar-refractivity contribution in [3.8, 4) is 0 Å². The number of benzene rings is 1. The summed E-state index contributed by atoms with van der Waals surface area (Å²) >= 11 is 6.96. The van der Waals surface area contributed by atoms with E-state index in [1.54, 1.807) is 11.8 Å². The van der Waals surface area contributed by atoms with Crippen LogP contribution in [0.4, 0.5) is 0 Å². The number of rotatable bonds is 3. The van der Waals surface area contributed by atoms with Crippen LogP contribution < -0.4 is 5.73 Å². The van der Waals surface area contributed by atoms with Gasteiger partial charge in [0.2, 0.25) is 0 Å². The molecule has 0 aromatic heterocycles. The molecule has 2 rings (SSSR count). The average Bonchev–Trinajstić information content (AvgIpc) is 2.66. The predicted octanol–water partition coefficient (Wildman–Crippen LogP) is 1.85. The van der Waals surface area contributed by atoms with E-state index in [4.69, 9.17) is 18.0 Å². The molecule has 1 aromatic carbocycles. The second-order valence-corrected chi connectivity index (χ2v) is 5.29. The molecule has 0 spiro atoms. The highest BCUT2D eigenvalue weighted by atomic mass is 32.2. The van der Waals surface area contributed by atoms with E-state index in [9.17, 15) is 0 Å². The topological polar surface area (TPSA) is 29.3 Å². The molecule has 1 atom stereocenters. The van der Waals surface area contributed by atoms with E-state index >= 15 is 0 Å². The zero-order valence-electron chi connectivity index (χ0n) is 8.43. The minimum atomic E-state index is 0.0231. The Balaban J connectivity index is 1.97. The molecule has 2 nitrogen and oxygen atoms in total. The van der Waals surface area contributed by atoms with Gasteiger partial charge in [-0.2, -0.15) is 0 Å². The van der Waals surface area contributed by atoms with Crippen LogP contribution >= 0.6 is 24.0 Å². The van der Waals surface area contributed by atoms with Crippen LogP contribution in [0.25, 0.3) is 0 Å². The van der Waals surface area contributed by atoms with Crippen molar-refractivity contribution in [2.24, 2.45) is 5.73 Å². The Bertz CT molecular complexity index is 340. The van der Waals surface area contributed by atoms with Gasteiger partial charge in [-0.3, -0.25) is 0 Å². The zero-order chi connectivity index (χ0) is 10.7. The number of hydrogen-bond donors (Lipinski definition) is 1. The molecule has 0 saturated carbocycles. The van der Waals surface area contributed by atoms with Crippen molar-refractivity contribution < 1.29 is 0 Å². The lowest BCUT2D eigenvalue weighted by Gasteiger charge is -2.25. The smallest absolute Gasteiger partial charge is 0.137 e. The molecule has 1 heterocycles. The Morgan fingerprint density at radius 2 is 2.13 bits per heavy atom. The van der Waals surface area contributed by atoms with Gasteiger partial charge in [-0.1, -0.05) is 54.3 Å². The maximum absolute atomic E-state index is 6.13. The number of hydrogen-bond acceptors (Lipinski definition) is 3. The van der Waals surface area contributed by atoms with E-state index in [-0.39, 0.29) is 6.17 Å². The summed E-state index contributed by atoms with van der Waals surface area (Å²) in [7, 11) is 0. The van der Waals surface area contributed by atoms with Crippen LogP contribution in [0, 0.1) is 0 Å². The quantitative estimate of drug-likeness (QED) is 0.814. The molecule has 1 saturated heterocycles. The van der Waals surface area contributed by atoms with Gasteiger partial charge in [-0.25, -0.2) is 0 Å². The average molecular weight is 238 g/mol. The van der Waals surface area contributed by atoms with Crippen LogP contribution in [0.3, 0.4) is 0 Å². The highest BCUT2D eigenvalue weighted by molar-refractivity contribution is 8.23. The van der Waals surface area contributed by atoms with E-state index < -0.39 is 0 Å². The SMILES string of the molecule is NC(Cc1ccccc1)N1CCSC1=S. The fourth-order valence-corrected chi connectivity index (χ4v) is 3.00. The van der Waals surface area contributed by atoms with Gasteiger partial charge in [-0.15, -0.1) is 0 Å². The first kappa shape index (κ1) is 10.9. The van der Waals surface area contributed by atoms with Gasteiger partial charge in [0.25, 0.3) is 0 Å². The molecule has 0 bridgehead atoms. The third-order valence-electron chi connectivity index (χ3n) is 2.48. The normalized spacial score (nSPS) is 18.2. The third kappa shape index (κ3) is 2.71. The van der Waals surface area contributed by atoms with Crippen LogP contribution in [0.2, 0.25) is 0 Å². The Kier molecular flexibility index (Phi) is 3.61. The molecule has 0 aliphatic carbocycles. The van der Waals surface area contributed by atoms with E-state index in [0.717, 1.165) is 23.0 Å². The van der Waals surface area contributed by atoms with Gasteiger partial charge in [0.05, 0.1) is 6.17 Å². The second kappa shape index (κ2) is 4.96.